The Kier molecular flexibility index (Phi) is 9.66. The largest absolute Gasteiger partial charge is 0.450 e. The normalized spacial score (nSPS) is 12.8. The number of benzene rings is 1. The fraction of sp³-hybridized carbons (Fsp3) is 0.333. The molecule has 0 bridgehead atoms. The molecule has 1 aliphatic heterocycles. The van der Waals surface area contributed by atoms with Crippen molar-refractivity contribution in [3.05, 3.63) is 45.8 Å². The molecule has 3 rings (SSSR count). The third kappa shape index (κ3) is 6.74. The maximum absolute atomic E-state index is 13.1. The number of anilines is 1. The minimum Gasteiger partial charge on any atom is -0.450 e. The number of ether oxygens (including phenoxy) is 1. The quantitative estimate of drug-likeness (QED) is 0.311. The average Bonchev–Trinajstić information content (AvgIpc) is 3.25. The van der Waals surface area contributed by atoms with E-state index in [4.69, 9.17) is 15.6 Å². The number of alkyl carbamates (subject to hydrolysis) is 1. The summed E-state index contributed by atoms with van der Waals surface area (Å²) in [6, 6.07) is 5.09. The molecule has 15 heteroatoms. The van der Waals surface area contributed by atoms with E-state index in [1.165, 1.54) is 31.2 Å². The second-order valence-corrected chi connectivity index (χ2v) is 11.3. The van der Waals surface area contributed by atoms with Gasteiger partial charge in [0, 0.05) is 49.4 Å². The van der Waals surface area contributed by atoms with Gasteiger partial charge in [-0.15, -0.1) is 11.3 Å². The maximum atomic E-state index is 13.1. The van der Waals surface area contributed by atoms with Gasteiger partial charge >= 0.3 is 6.09 Å². The van der Waals surface area contributed by atoms with E-state index in [1.807, 2.05) is 0 Å². The molecule has 0 saturated carbocycles. The van der Waals surface area contributed by atoms with Crippen LogP contribution in [0.25, 0.3) is 0 Å². The zero-order chi connectivity index (χ0) is 28.7. The highest BCUT2D eigenvalue weighted by molar-refractivity contribution is 7.89. The third-order valence-electron chi connectivity index (χ3n) is 5.79. The highest BCUT2D eigenvalue weighted by atomic mass is 32.2. The van der Waals surface area contributed by atoms with Crippen molar-refractivity contribution < 1.29 is 32.3 Å². The van der Waals surface area contributed by atoms with Crippen molar-refractivity contribution in [2.75, 3.05) is 31.6 Å². The van der Waals surface area contributed by atoms with Gasteiger partial charge in [0.15, 0.2) is 0 Å². The molecule has 1 aliphatic rings. The number of carbonyl (C=O) groups is 4. The predicted molar refractivity (Wildman–Crippen MR) is 144 cm³/mol. The Morgan fingerprint density at radius 3 is 2.31 bits per heavy atom. The average molecular weight is 577 g/mol. The van der Waals surface area contributed by atoms with Gasteiger partial charge in [0.05, 0.1) is 23.6 Å². The molecule has 13 nitrogen and oxygen atoms in total. The number of thiophene rings is 1. The van der Waals surface area contributed by atoms with Crippen LogP contribution in [0.1, 0.15) is 45.0 Å². The van der Waals surface area contributed by atoms with Gasteiger partial charge in [-0.25, -0.2) is 13.2 Å². The monoisotopic (exact) mass is 576 g/mol. The SMILES string of the molecule is CCOC(=O)NC(=O)c1c(NC(=O)c2ccc(S(=O)(=O)N(CC=N)CC=N)cc2)sc2c1CCN(C(C)=O)C2. The topological polar surface area (TPSA) is 190 Å². The summed E-state index contributed by atoms with van der Waals surface area (Å²) < 4.78 is 31.4. The number of rotatable bonds is 10. The van der Waals surface area contributed by atoms with Crippen LogP contribution in [0.2, 0.25) is 0 Å². The molecule has 1 aromatic carbocycles. The molecule has 0 unspecified atom stereocenters. The van der Waals surface area contributed by atoms with Crippen molar-refractivity contribution in [1.82, 2.24) is 14.5 Å². The van der Waals surface area contributed by atoms with Gasteiger partial charge in [0.25, 0.3) is 11.8 Å². The lowest BCUT2D eigenvalue weighted by molar-refractivity contribution is -0.129. The van der Waals surface area contributed by atoms with E-state index in [0.29, 0.717) is 23.4 Å². The molecular weight excluding hydrogens is 548 g/mol. The zero-order valence-corrected chi connectivity index (χ0v) is 22.9. The molecule has 0 fully saturated rings. The number of carbonyl (C=O) groups excluding carboxylic acids is 4. The lowest BCUT2D eigenvalue weighted by atomic mass is 10.0. The minimum atomic E-state index is -4.00. The van der Waals surface area contributed by atoms with E-state index in [9.17, 15) is 27.6 Å². The van der Waals surface area contributed by atoms with Gasteiger partial charge in [-0.2, -0.15) is 4.31 Å². The molecule has 4 N–H and O–H groups in total. The lowest BCUT2D eigenvalue weighted by Gasteiger charge is -2.26. The second kappa shape index (κ2) is 12.7. The molecule has 0 spiro atoms. The molecule has 0 atom stereocenters. The van der Waals surface area contributed by atoms with Crippen LogP contribution in [0.3, 0.4) is 0 Å². The van der Waals surface area contributed by atoms with Gasteiger partial charge in [-0.05, 0) is 43.2 Å². The van der Waals surface area contributed by atoms with Gasteiger partial charge in [-0.1, -0.05) is 0 Å². The first-order chi connectivity index (χ1) is 18.5. The van der Waals surface area contributed by atoms with Crippen molar-refractivity contribution in [1.29, 1.82) is 10.8 Å². The molecule has 2 aromatic rings. The summed E-state index contributed by atoms with van der Waals surface area (Å²) in [5, 5.41) is 19.4. The first-order valence-corrected chi connectivity index (χ1v) is 14.1. The summed E-state index contributed by atoms with van der Waals surface area (Å²) in [5.41, 5.74) is 0.828. The number of nitrogens with one attached hydrogen (secondary N) is 4. The van der Waals surface area contributed by atoms with Crippen LogP contribution >= 0.6 is 11.3 Å². The molecule has 4 amide bonds. The maximum Gasteiger partial charge on any atom is 0.414 e. The summed E-state index contributed by atoms with van der Waals surface area (Å²) in [6.45, 7) is 3.30. The molecule has 208 valence electrons. The van der Waals surface area contributed by atoms with Crippen molar-refractivity contribution >= 4 is 62.6 Å². The number of nitrogens with zero attached hydrogens (tertiary/aromatic N) is 2. The second-order valence-electron chi connectivity index (χ2n) is 8.28. The van der Waals surface area contributed by atoms with Crippen molar-refractivity contribution in [2.24, 2.45) is 0 Å². The van der Waals surface area contributed by atoms with E-state index >= 15 is 0 Å². The third-order valence-corrected chi connectivity index (χ3v) is 8.77. The van der Waals surface area contributed by atoms with Crippen molar-refractivity contribution in [2.45, 2.75) is 31.7 Å². The highest BCUT2D eigenvalue weighted by Gasteiger charge is 2.31. The first-order valence-electron chi connectivity index (χ1n) is 11.8. The van der Waals surface area contributed by atoms with Crippen LogP contribution in [0.5, 0.6) is 0 Å². The van der Waals surface area contributed by atoms with Crippen molar-refractivity contribution in [3.8, 4) is 0 Å². The van der Waals surface area contributed by atoms with Gasteiger partial charge in [0.2, 0.25) is 15.9 Å². The fourth-order valence-electron chi connectivity index (χ4n) is 3.90. The Bertz CT molecular complexity index is 1390. The number of amides is 4. The Labute approximate surface area is 229 Å². The lowest BCUT2D eigenvalue weighted by Crippen LogP contribution is -2.35. The number of sulfonamides is 1. The molecule has 0 aliphatic carbocycles. The summed E-state index contributed by atoms with van der Waals surface area (Å²) in [7, 11) is -4.00. The smallest absolute Gasteiger partial charge is 0.414 e. The van der Waals surface area contributed by atoms with E-state index in [1.54, 1.807) is 11.8 Å². The molecule has 1 aromatic heterocycles. The van der Waals surface area contributed by atoms with Crippen LogP contribution in [-0.4, -0.2) is 80.1 Å². The minimum absolute atomic E-state index is 0.0598. The summed E-state index contributed by atoms with van der Waals surface area (Å²) in [4.78, 5) is 52.0. The van der Waals surface area contributed by atoms with Crippen LogP contribution in [0.4, 0.5) is 9.80 Å². The van der Waals surface area contributed by atoms with Crippen LogP contribution in [0.15, 0.2) is 29.2 Å². The van der Waals surface area contributed by atoms with E-state index < -0.39 is 27.9 Å². The summed E-state index contributed by atoms with van der Waals surface area (Å²) in [5.74, 6) is -1.51. The van der Waals surface area contributed by atoms with E-state index in [-0.39, 0.29) is 53.2 Å². The molecule has 39 heavy (non-hydrogen) atoms. The number of hydrogen-bond acceptors (Lipinski definition) is 10. The van der Waals surface area contributed by atoms with Crippen LogP contribution < -0.4 is 10.6 Å². The Morgan fingerprint density at radius 2 is 1.74 bits per heavy atom. The van der Waals surface area contributed by atoms with Crippen LogP contribution in [-0.2, 0) is 32.5 Å². The van der Waals surface area contributed by atoms with Crippen molar-refractivity contribution in [3.63, 3.8) is 0 Å². The van der Waals surface area contributed by atoms with E-state index in [2.05, 4.69) is 10.6 Å². The Morgan fingerprint density at radius 1 is 1.10 bits per heavy atom. The predicted octanol–water partition coefficient (Wildman–Crippen LogP) is 2.08. The molecule has 0 radical (unpaired) electrons. The van der Waals surface area contributed by atoms with Gasteiger partial charge < -0.3 is 25.8 Å². The highest BCUT2D eigenvalue weighted by Crippen LogP contribution is 2.37. The van der Waals surface area contributed by atoms with Gasteiger partial charge in [-0.3, -0.25) is 19.7 Å². The Balaban J connectivity index is 1.89. The summed E-state index contributed by atoms with van der Waals surface area (Å²) in [6.07, 6.45) is 1.24. The first kappa shape index (κ1) is 29.6. The number of fused-ring (bicyclic) bond motifs is 1. The van der Waals surface area contributed by atoms with Crippen LogP contribution in [0, 0.1) is 10.8 Å². The molecule has 2 heterocycles. The van der Waals surface area contributed by atoms with Gasteiger partial charge in [0.1, 0.15) is 5.00 Å². The number of imide groups is 1. The molecule has 0 saturated heterocycles. The van der Waals surface area contributed by atoms with E-state index in [0.717, 1.165) is 28.1 Å². The fourth-order valence-corrected chi connectivity index (χ4v) is 6.48. The summed E-state index contributed by atoms with van der Waals surface area (Å²) >= 11 is 1.11. The molecular formula is C24H28N6O7S2. The Hall–Kier alpha value is -3.95. The number of hydrogen-bond donors (Lipinski definition) is 4. The zero-order valence-electron chi connectivity index (χ0n) is 21.3. The standard InChI is InChI=1S/C24H28N6O7S2/c1-3-37-24(34)28-22(33)20-18-8-11-29(15(2)31)14-19(18)38-23(20)27-21(32)16-4-6-17(7-5-16)39(35,36)30(12-9-25)13-10-26/h4-7,9-10,25-26H,3,8,11-14H2,1-2H3,(H,27,32)(H,28,33,34).